The number of nitrogens with zero attached hydrogens (tertiary/aromatic N) is 2. The first-order valence-corrected chi connectivity index (χ1v) is 7.18. The maximum absolute atomic E-state index is 14.3. The third-order valence-corrected chi connectivity index (χ3v) is 3.30. The summed E-state index contributed by atoms with van der Waals surface area (Å²) in [5, 5.41) is 16.0. The monoisotopic (exact) mass is 305 g/mol. The number of benzene rings is 1. The molecule has 1 unspecified atom stereocenters. The molecule has 0 aliphatic carbocycles. The standard InChI is InChI=1S/C16H20FN3O2/c1-10-8-11(2)20(19-10)15-5-4-13(9-14(15)17)16(22)18-7-6-12(3)21/h4-5,8-9,12,21H,6-7H2,1-3H3,(H,18,22). The summed E-state index contributed by atoms with van der Waals surface area (Å²) in [5.41, 5.74) is 2.18. The first-order chi connectivity index (χ1) is 10.4. The number of carbonyl (C=O) groups is 1. The molecule has 0 aliphatic rings. The van der Waals surface area contributed by atoms with Crippen molar-refractivity contribution in [1.29, 1.82) is 0 Å². The minimum absolute atomic E-state index is 0.244. The second-order valence-corrected chi connectivity index (χ2v) is 5.40. The quantitative estimate of drug-likeness (QED) is 0.889. The number of aliphatic hydroxyl groups is 1. The fourth-order valence-electron chi connectivity index (χ4n) is 2.19. The summed E-state index contributed by atoms with van der Waals surface area (Å²) in [6, 6.07) is 6.16. The molecule has 118 valence electrons. The molecule has 1 aromatic carbocycles. The van der Waals surface area contributed by atoms with Gasteiger partial charge in [-0.2, -0.15) is 5.10 Å². The molecule has 5 nitrogen and oxygen atoms in total. The first-order valence-electron chi connectivity index (χ1n) is 7.18. The van der Waals surface area contributed by atoms with Crippen LogP contribution in [0, 0.1) is 19.7 Å². The third kappa shape index (κ3) is 3.71. The van der Waals surface area contributed by atoms with E-state index in [9.17, 15) is 9.18 Å². The zero-order chi connectivity index (χ0) is 16.3. The van der Waals surface area contributed by atoms with Crippen molar-refractivity contribution in [3.05, 3.63) is 47.0 Å². The summed E-state index contributed by atoms with van der Waals surface area (Å²) in [6.45, 7) is 5.67. The summed E-state index contributed by atoms with van der Waals surface area (Å²) in [4.78, 5) is 11.9. The zero-order valence-corrected chi connectivity index (χ0v) is 12.9. The Morgan fingerprint density at radius 2 is 2.14 bits per heavy atom. The number of hydrogen-bond acceptors (Lipinski definition) is 3. The highest BCUT2D eigenvalue weighted by atomic mass is 19.1. The van der Waals surface area contributed by atoms with E-state index >= 15 is 0 Å². The van der Waals surface area contributed by atoms with Gasteiger partial charge in [-0.1, -0.05) is 0 Å². The van der Waals surface area contributed by atoms with E-state index < -0.39 is 11.9 Å². The summed E-state index contributed by atoms with van der Waals surface area (Å²) in [5.74, 6) is -0.867. The van der Waals surface area contributed by atoms with Gasteiger partial charge in [-0.25, -0.2) is 9.07 Å². The second kappa shape index (κ2) is 6.70. The molecule has 0 saturated carbocycles. The predicted octanol–water partition coefficient (Wildman–Crippen LogP) is 2.13. The van der Waals surface area contributed by atoms with Crippen LogP contribution in [-0.4, -0.2) is 33.4 Å². The smallest absolute Gasteiger partial charge is 0.251 e. The van der Waals surface area contributed by atoms with Gasteiger partial charge in [-0.3, -0.25) is 4.79 Å². The van der Waals surface area contributed by atoms with Crippen LogP contribution >= 0.6 is 0 Å². The SMILES string of the molecule is Cc1cc(C)n(-c2ccc(C(=O)NCCC(C)O)cc2F)n1. The molecule has 2 rings (SSSR count). The molecule has 2 N–H and O–H groups in total. The minimum atomic E-state index is -0.505. The number of amides is 1. The highest BCUT2D eigenvalue weighted by Crippen LogP contribution is 2.17. The van der Waals surface area contributed by atoms with Gasteiger partial charge in [0.15, 0.2) is 0 Å². The van der Waals surface area contributed by atoms with Crippen LogP contribution in [0.4, 0.5) is 4.39 Å². The van der Waals surface area contributed by atoms with Gasteiger partial charge in [-0.15, -0.1) is 0 Å². The summed E-state index contributed by atoms with van der Waals surface area (Å²) in [6.07, 6.45) is -0.0247. The van der Waals surface area contributed by atoms with Gasteiger partial charge in [0.2, 0.25) is 0 Å². The van der Waals surface area contributed by atoms with E-state index in [1.54, 1.807) is 19.1 Å². The van der Waals surface area contributed by atoms with Crippen molar-refractivity contribution in [2.75, 3.05) is 6.54 Å². The Morgan fingerprint density at radius 3 is 2.68 bits per heavy atom. The molecule has 0 bridgehead atoms. The maximum Gasteiger partial charge on any atom is 0.251 e. The Bertz CT molecular complexity index is 680. The Kier molecular flexibility index (Phi) is 4.92. The van der Waals surface area contributed by atoms with E-state index in [4.69, 9.17) is 5.11 Å². The van der Waals surface area contributed by atoms with Crippen LogP contribution in [0.25, 0.3) is 5.69 Å². The van der Waals surface area contributed by atoms with E-state index in [2.05, 4.69) is 10.4 Å². The number of aliphatic hydroxyl groups excluding tert-OH is 1. The second-order valence-electron chi connectivity index (χ2n) is 5.40. The molecule has 0 saturated heterocycles. The number of nitrogens with one attached hydrogen (secondary N) is 1. The van der Waals surface area contributed by atoms with Gasteiger partial charge in [-0.05, 0) is 51.5 Å². The molecular formula is C16H20FN3O2. The molecule has 0 aliphatic heterocycles. The Balaban J connectivity index is 2.16. The number of carbonyl (C=O) groups excluding carboxylic acids is 1. The van der Waals surface area contributed by atoms with Crippen molar-refractivity contribution in [3.63, 3.8) is 0 Å². The lowest BCUT2D eigenvalue weighted by Gasteiger charge is -2.09. The lowest BCUT2D eigenvalue weighted by molar-refractivity contribution is 0.0945. The van der Waals surface area contributed by atoms with Crippen molar-refractivity contribution < 1.29 is 14.3 Å². The minimum Gasteiger partial charge on any atom is -0.393 e. The van der Waals surface area contributed by atoms with Crippen molar-refractivity contribution in [2.24, 2.45) is 0 Å². The van der Waals surface area contributed by atoms with Crippen molar-refractivity contribution in [3.8, 4) is 5.69 Å². The fourth-order valence-corrected chi connectivity index (χ4v) is 2.19. The van der Waals surface area contributed by atoms with Crippen LogP contribution in [0.1, 0.15) is 35.1 Å². The molecule has 0 fully saturated rings. The van der Waals surface area contributed by atoms with Crippen LogP contribution < -0.4 is 5.32 Å². The van der Waals surface area contributed by atoms with Crippen LogP contribution in [-0.2, 0) is 0 Å². The molecule has 2 aromatic rings. The predicted molar refractivity (Wildman–Crippen MR) is 81.6 cm³/mol. The molecule has 1 heterocycles. The van der Waals surface area contributed by atoms with Gasteiger partial charge in [0.05, 0.1) is 11.8 Å². The normalized spacial score (nSPS) is 12.2. The molecule has 1 amide bonds. The van der Waals surface area contributed by atoms with Gasteiger partial charge in [0.1, 0.15) is 11.5 Å². The van der Waals surface area contributed by atoms with Gasteiger partial charge in [0, 0.05) is 17.8 Å². The summed E-state index contributed by atoms with van der Waals surface area (Å²) in [7, 11) is 0. The topological polar surface area (TPSA) is 67.2 Å². The lowest BCUT2D eigenvalue weighted by atomic mass is 10.1. The molecule has 6 heteroatoms. The van der Waals surface area contributed by atoms with E-state index in [1.165, 1.54) is 10.7 Å². The van der Waals surface area contributed by atoms with E-state index in [-0.39, 0.29) is 11.5 Å². The number of hydrogen-bond donors (Lipinski definition) is 2. The number of aryl methyl sites for hydroxylation is 2. The summed E-state index contributed by atoms with van der Waals surface area (Å²) >= 11 is 0. The fraction of sp³-hybridized carbons (Fsp3) is 0.375. The van der Waals surface area contributed by atoms with E-state index in [0.29, 0.717) is 18.7 Å². The molecule has 1 atom stereocenters. The number of aromatic nitrogens is 2. The van der Waals surface area contributed by atoms with Crippen LogP contribution in [0.3, 0.4) is 0 Å². The number of rotatable bonds is 5. The zero-order valence-electron chi connectivity index (χ0n) is 12.9. The van der Waals surface area contributed by atoms with E-state index in [1.807, 2.05) is 19.9 Å². The van der Waals surface area contributed by atoms with Gasteiger partial charge in [0.25, 0.3) is 5.91 Å². The van der Waals surface area contributed by atoms with Gasteiger partial charge < -0.3 is 10.4 Å². The molecule has 1 aromatic heterocycles. The molecule has 0 radical (unpaired) electrons. The van der Waals surface area contributed by atoms with E-state index in [0.717, 1.165) is 11.4 Å². The van der Waals surface area contributed by atoms with Crippen LogP contribution in [0.2, 0.25) is 0 Å². The van der Waals surface area contributed by atoms with Crippen molar-refractivity contribution in [1.82, 2.24) is 15.1 Å². The Hall–Kier alpha value is -2.21. The third-order valence-electron chi connectivity index (χ3n) is 3.30. The first kappa shape index (κ1) is 16.2. The van der Waals surface area contributed by atoms with Crippen LogP contribution in [0.5, 0.6) is 0 Å². The molecule has 22 heavy (non-hydrogen) atoms. The lowest BCUT2D eigenvalue weighted by Crippen LogP contribution is -2.26. The maximum atomic E-state index is 14.3. The van der Waals surface area contributed by atoms with Gasteiger partial charge >= 0.3 is 0 Å². The Morgan fingerprint density at radius 1 is 1.41 bits per heavy atom. The number of halogens is 1. The Labute approximate surface area is 128 Å². The van der Waals surface area contributed by atoms with Crippen molar-refractivity contribution in [2.45, 2.75) is 33.3 Å². The highest BCUT2D eigenvalue weighted by Gasteiger charge is 2.13. The van der Waals surface area contributed by atoms with Crippen LogP contribution in [0.15, 0.2) is 24.3 Å². The highest BCUT2D eigenvalue weighted by molar-refractivity contribution is 5.94. The average Bonchev–Trinajstić information content (AvgIpc) is 2.77. The average molecular weight is 305 g/mol. The molecule has 0 spiro atoms. The largest absolute Gasteiger partial charge is 0.393 e. The van der Waals surface area contributed by atoms with Crippen molar-refractivity contribution >= 4 is 5.91 Å². The summed E-state index contributed by atoms with van der Waals surface area (Å²) < 4.78 is 15.8. The molecular weight excluding hydrogens is 285 g/mol.